The smallest absolute Gasteiger partial charge is 0.266 e. The molecule has 0 saturated carbocycles. The summed E-state index contributed by atoms with van der Waals surface area (Å²) in [7, 11) is 0. The van der Waals surface area contributed by atoms with Crippen molar-refractivity contribution in [2.75, 3.05) is 24.5 Å². The van der Waals surface area contributed by atoms with Gasteiger partial charge in [0.05, 0.1) is 5.92 Å². The topological polar surface area (TPSA) is 68.2 Å². The first-order valence-corrected chi connectivity index (χ1v) is 6.63. The van der Waals surface area contributed by atoms with Gasteiger partial charge in [0.15, 0.2) is 0 Å². The predicted octanol–water partition coefficient (Wildman–Crippen LogP) is 2.01. The van der Waals surface area contributed by atoms with E-state index in [1.165, 1.54) is 0 Å². The molecule has 1 heterocycles. The van der Waals surface area contributed by atoms with Gasteiger partial charge in [-0.1, -0.05) is 30.3 Å². The minimum Gasteiger partial charge on any atom is -0.339 e. The Balaban J connectivity index is 2.25. The fourth-order valence-electron chi connectivity index (χ4n) is 2.07. The minimum absolute atomic E-state index is 0.0435. The van der Waals surface area contributed by atoms with E-state index in [9.17, 15) is 0 Å². The molecule has 1 unspecified atom stereocenters. The van der Waals surface area contributed by atoms with Crippen molar-refractivity contribution in [1.29, 1.82) is 0 Å². The lowest BCUT2D eigenvalue weighted by atomic mass is 9.99. The molecular formula is C14H20N4O. The third-order valence-corrected chi connectivity index (χ3v) is 3.21. The molecule has 2 aromatic rings. The quantitative estimate of drug-likeness (QED) is 0.860. The summed E-state index contributed by atoms with van der Waals surface area (Å²) in [6, 6.07) is 10.0. The molecular weight excluding hydrogens is 240 g/mol. The van der Waals surface area contributed by atoms with Crippen molar-refractivity contribution >= 4 is 5.95 Å². The van der Waals surface area contributed by atoms with Crippen LogP contribution < -0.4 is 10.6 Å². The molecule has 0 saturated heterocycles. The van der Waals surface area contributed by atoms with E-state index < -0.39 is 0 Å². The van der Waals surface area contributed by atoms with Crippen LogP contribution in [0.4, 0.5) is 5.95 Å². The van der Waals surface area contributed by atoms with Crippen molar-refractivity contribution in [2.45, 2.75) is 19.8 Å². The summed E-state index contributed by atoms with van der Waals surface area (Å²) in [4.78, 5) is 6.52. The number of hydrogen-bond acceptors (Lipinski definition) is 5. The molecule has 0 aliphatic heterocycles. The summed E-state index contributed by atoms with van der Waals surface area (Å²) >= 11 is 0. The van der Waals surface area contributed by atoms with Crippen LogP contribution in [0.2, 0.25) is 0 Å². The van der Waals surface area contributed by atoms with Gasteiger partial charge in [-0.2, -0.15) is 4.98 Å². The number of benzene rings is 1. The molecule has 0 spiro atoms. The summed E-state index contributed by atoms with van der Waals surface area (Å²) in [6.07, 6.45) is 0. The third kappa shape index (κ3) is 2.93. The molecule has 0 radical (unpaired) electrons. The van der Waals surface area contributed by atoms with Crippen LogP contribution in [0.15, 0.2) is 34.9 Å². The van der Waals surface area contributed by atoms with Crippen LogP contribution in [-0.4, -0.2) is 29.8 Å². The highest BCUT2D eigenvalue weighted by molar-refractivity contribution is 5.30. The van der Waals surface area contributed by atoms with Crippen molar-refractivity contribution in [3.63, 3.8) is 0 Å². The van der Waals surface area contributed by atoms with Gasteiger partial charge in [-0.25, -0.2) is 0 Å². The molecule has 102 valence electrons. The van der Waals surface area contributed by atoms with Crippen LogP contribution in [0.1, 0.15) is 31.2 Å². The number of rotatable bonds is 6. The average molecular weight is 260 g/mol. The highest BCUT2D eigenvalue weighted by Crippen LogP contribution is 2.23. The van der Waals surface area contributed by atoms with Gasteiger partial charge in [0.25, 0.3) is 5.95 Å². The Morgan fingerprint density at radius 1 is 1.21 bits per heavy atom. The van der Waals surface area contributed by atoms with Crippen LogP contribution in [-0.2, 0) is 0 Å². The lowest BCUT2D eigenvalue weighted by Crippen LogP contribution is -2.23. The Bertz CT molecular complexity index is 493. The lowest BCUT2D eigenvalue weighted by Gasteiger charge is -2.14. The van der Waals surface area contributed by atoms with Crippen LogP contribution in [0.5, 0.6) is 0 Å². The Morgan fingerprint density at radius 2 is 1.89 bits per heavy atom. The van der Waals surface area contributed by atoms with Crippen molar-refractivity contribution < 1.29 is 4.52 Å². The van der Waals surface area contributed by atoms with Gasteiger partial charge in [0.1, 0.15) is 0 Å². The van der Waals surface area contributed by atoms with Gasteiger partial charge >= 0.3 is 0 Å². The highest BCUT2D eigenvalue weighted by atomic mass is 16.5. The minimum atomic E-state index is -0.0435. The molecule has 1 atom stereocenters. The van der Waals surface area contributed by atoms with Crippen LogP contribution in [0.3, 0.4) is 0 Å². The Kier molecular flexibility index (Phi) is 4.52. The summed E-state index contributed by atoms with van der Waals surface area (Å²) in [5, 5.41) is 4.04. The van der Waals surface area contributed by atoms with Crippen molar-refractivity contribution in [3.8, 4) is 0 Å². The summed E-state index contributed by atoms with van der Waals surface area (Å²) in [5.74, 6) is 1.17. The monoisotopic (exact) mass is 260 g/mol. The second kappa shape index (κ2) is 6.33. The molecule has 2 rings (SSSR count). The molecule has 0 bridgehead atoms. The van der Waals surface area contributed by atoms with E-state index in [1.807, 2.05) is 35.2 Å². The first-order valence-electron chi connectivity index (χ1n) is 6.63. The van der Waals surface area contributed by atoms with Crippen molar-refractivity contribution in [2.24, 2.45) is 5.73 Å². The van der Waals surface area contributed by atoms with Gasteiger partial charge in [0, 0.05) is 19.6 Å². The maximum absolute atomic E-state index is 5.85. The van der Waals surface area contributed by atoms with E-state index in [0.29, 0.717) is 18.4 Å². The first-order chi connectivity index (χ1) is 9.30. The fraction of sp³-hybridized carbons (Fsp3) is 0.429. The zero-order valence-corrected chi connectivity index (χ0v) is 11.4. The SMILES string of the molecule is CCN(CC)c1noc(C(CN)c2ccccc2)n1. The van der Waals surface area contributed by atoms with Gasteiger partial charge in [0.2, 0.25) is 5.89 Å². The second-order valence-corrected chi connectivity index (χ2v) is 4.30. The van der Waals surface area contributed by atoms with E-state index in [1.54, 1.807) is 0 Å². The van der Waals surface area contributed by atoms with Gasteiger partial charge in [-0.05, 0) is 24.6 Å². The number of nitrogens with two attached hydrogens (primary N) is 1. The van der Waals surface area contributed by atoms with Crippen LogP contribution in [0, 0.1) is 0 Å². The molecule has 5 heteroatoms. The molecule has 0 fully saturated rings. The summed E-state index contributed by atoms with van der Waals surface area (Å²) in [6.45, 7) is 6.29. The number of aromatic nitrogens is 2. The standard InChI is InChI=1S/C14H20N4O/c1-3-18(4-2)14-16-13(19-17-14)12(10-15)11-8-6-5-7-9-11/h5-9,12H,3-4,10,15H2,1-2H3. The first kappa shape index (κ1) is 13.5. The molecule has 0 aliphatic rings. The zero-order chi connectivity index (χ0) is 13.7. The predicted molar refractivity (Wildman–Crippen MR) is 75.2 cm³/mol. The van der Waals surface area contributed by atoms with Crippen LogP contribution >= 0.6 is 0 Å². The van der Waals surface area contributed by atoms with Gasteiger partial charge in [-0.15, -0.1) is 0 Å². The molecule has 1 aromatic heterocycles. The van der Waals surface area contributed by atoms with Crippen LogP contribution in [0.25, 0.3) is 0 Å². The molecule has 5 nitrogen and oxygen atoms in total. The number of anilines is 1. The van der Waals surface area contributed by atoms with E-state index in [0.717, 1.165) is 18.7 Å². The Labute approximate surface area is 113 Å². The zero-order valence-electron chi connectivity index (χ0n) is 11.4. The van der Waals surface area contributed by atoms with E-state index in [4.69, 9.17) is 10.3 Å². The molecule has 0 aliphatic carbocycles. The molecule has 19 heavy (non-hydrogen) atoms. The third-order valence-electron chi connectivity index (χ3n) is 3.21. The van der Waals surface area contributed by atoms with Gasteiger partial charge < -0.3 is 15.2 Å². The second-order valence-electron chi connectivity index (χ2n) is 4.30. The Morgan fingerprint density at radius 3 is 2.47 bits per heavy atom. The summed E-state index contributed by atoms with van der Waals surface area (Å²) < 4.78 is 5.37. The van der Waals surface area contributed by atoms with E-state index >= 15 is 0 Å². The van der Waals surface area contributed by atoms with E-state index in [-0.39, 0.29) is 5.92 Å². The molecule has 0 amide bonds. The molecule has 2 N–H and O–H groups in total. The fourth-order valence-corrected chi connectivity index (χ4v) is 2.07. The largest absolute Gasteiger partial charge is 0.339 e. The van der Waals surface area contributed by atoms with E-state index in [2.05, 4.69) is 24.0 Å². The normalized spacial score (nSPS) is 12.4. The highest BCUT2D eigenvalue weighted by Gasteiger charge is 2.20. The molecule has 1 aromatic carbocycles. The van der Waals surface area contributed by atoms with Crippen molar-refractivity contribution in [1.82, 2.24) is 10.1 Å². The van der Waals surface area contributed by atoms with Gasteiger partial charge in [-0.3, -0.25) is 0 Å². The average Bonchev–Trinajstić information content (AvgIpc) is 2.92. The maximum atomic E-state index is 5.85. The number of nitrogens with zero attached hydrogens (tertiary/aromatic N) is 3. The Hall–Kier alpha value is -1.88. The number of hydrogen-bond donors (Lipinski definition) is 1. The maximum Gasteiger partial charge on any atom is 0.266 e. The lowest BCUT2D eigenvalue weighted by molar-refractivity contribution is 0.366. The van der Waals surface area contributed by atoms with Crippen molar-refractivity contribution in [3.05, 3.63) is 41.8 Å². The summed E-state index contributed by atoms with van der Waals surface area (Å²) in [5.41, 5.74) is 6.94.